The summed E-state index contributed by atoms with van der Waals surface area (Å²) in [5, 5.41) is 0. The third-order valence-electron chi connectivity index (χ3n) is 3.91. The van der Waals surface area contributed by atoms with Gasteiger partial charge in [-0.25, -0.2) is 0 Å². The van der Waals surface area contributed by atoms with E-state index in [-0.39, 0.29) is 5.91 Å². The lowest BCUT2D eigenvalue weighted by atomic mass is 10.0. The fourth-order valence-electron chi connectivity index (χ4n) is 2.71. The summed E-state index contributed by atoms with van der Waals surface area (Å²) >= 11 is 0. The van der Waals surface area contributed by atoms with Gasteiger partial charge in [0, 0.05) is 32.9 Å². The number of piperidine rings is 2. The number of rotatable bonds is 2. The molecule has 98 valence electrons. The van der Waals surface area contributed by atoms with Crippen LogP contribution in [-0.4, -0.2) is 49.2 Å². The van der Waals surface area contributed by atoms with E-state index in [1.807, 2.05) is 4.90 Å². The van der Waals surface area contributed by atoms with E-state index >= 15 is 0 Å². The van der Waals surface area contributed by atoms with Crippen LogP contribution in [0.4, 0.5) is 0 Å². The highest BCUT2D eigenvalue weighted by atomic mass is 16.5. The molecule has 0 aromatic heterocycles. The number of carbonyl (C=O) groups is 1. The van der Waals surface area contributed by atoms with Crippen molar-refractivity contribution in [2.24, 2.45) is 0 Å². The summed E-state index contributed by atoms with van der Waals surface area (Å²) in [6, 6.07) is 0. The van der Waals surface area contributed by atoms with Gasteiger partial charge in [-0.05, 0) is 12.8 Å². The van der Waals surface area contributed by atoms with Crippen LogP contribution >= 0.6 is 0 Å². The normalized spacial score (nSPS) is 31.5. The van der Waals surface area contributed by atoms with Gasteiger partial charge in [0.05, 0.1) is 25.3 Å². The molecule has 0 spiro atoms. The molecule has 0 aromatic rings. The molecule has 2 aliphatic heterocycles. The first-order valence-corrected chi connectivity index (χ1v) is 6.73. The molecule has 0 atom stereocenters. The summed E-state index contributed by atoms with van der Waals surface area (Å²) in [7, 11) is 4.03. The molecule has 0 radical (unpaired) electrons. The van der Waals surface area contributed by atoms with Gasteiger partial charge < -0.3 is 14.5 Å². The van der Waals surface area contributed by atoms with E-state index in [0.29, 0.717) is 12.2 Å². The molecule has 0 bridgehead atoms. The van der Waals surface area contributed by atoms with Crippen LogP contribution in [-0.2, 0) is 9.53 Å². The number of quaternary nitrogens is 1. The molecule has 2 aliphatic rings. The third-order valence-corrected chi connectivity index (χ3v) is 3.91. The number of hydrogen-bond acceptors (Lipinski definition) is 2. The van der Waals surface area contributed by atoms with Gasteiger partial charge in [0.15, 0.2) is 0 Å². The Balaban J connectivity index is 1.69. The Bertz CT molecular complexity index is 254. The van der Waals surface area contributed by atoms with Crippen molar-refractivity contribution in [2.75, 3.05) is 26.2 Å². The van der Waals surface area contributed by atoms with Crippen molar-refractivity contribution in [2.45, 2.75) is 44.8 Å². The highest BCUT2D eigenvalue weighted by Crippen LogP contribution is 2.18. The summed E-state index contributed by atoms with van der Waals surface area (Å²) in [5.41, 5.74) is 0. The molecule has 2 saturated heterocycles. The number of amides is 1. The molecule has 2 heterocycles. The first-order valence-electron chi connectivity index (χ1n) is 6.73. The number of likely N-dealkylation sites (tertiary alicyclic amines) is 2. The Labute approximate surface area is 104 Å². The van der Waals surface area contributed by atoms with Crippen molar-refractivity contribution in [1.82, 2.24) is 4.90 Å². The second-order valence-corrected chi connectivity index (χ2v) is 5.29. The highest BCUT2D eigenvalue weighted by Gasteiger charge is 2.25. The minimum absolute atomic E-state index is 0.192. The third kappa shape index (κ3) is 3.68. The molecule has 0 aliphatic carbocycles. The lowest BCUT2D eigenvalue weighted by Crippen LogP contribution is -3.08. The molecule has 1 N–H and O–H groups in total. The summed E-state index contributed by atoms with van der Waals surface area (Å²) in [5.74, 6) is 0.192. The van der Waals surface area contributed by atoms with Crippen molar-refractivity contribution in [3.63, 3.8) is 0 Å². The molecule has 1 amide bonds. The van der Waals surface area contributed by atoms with E-state index in [2.05, 4.69) is 7.05 Å². The number of nitrogens with zero attached hydrogens (tertiary/aromatic N) is 1. The maximum atomic E-state index is 11.2. The Morgan fingerprint density at radius 2 is 1.71 bits per heavy atom. The van der Waals surface area contributed by atoms with Crippen molar-refractivity contribution in [3.05, 3.63) is 7.05 Å². The van der Waals surface area contributed by atoms with Gasteiger partial charge in [-0.1, -0.05) is 0 Å². The molecular formula is C13H24N2O2. The minimum atomic E-state index is 0.192. The van der Waals surface area contributed by atoms with Crippen molar-refractivity contribution in [1.29, 1.82) is 0 Å². The minimum Gasteiger partial charge on any atom is -0.468 e. The van der Waals surface area contributed by atoms with Crippen LogP contribution in [0.5, 0.6) is 0 Å². The van der Waals surface area contributed by atoms with E-state index in [9.17, 15) is 4.79 Å². The van der Waals surface area contributed by atoms with E-state index in [1.54, 1.807) is 6.92 Å². The molecule has 2 fully saturated rings. The summed E-state index contributed by atoms with van der Waals surface area (Å²) < 4.78 is 6.13. The molecule has 17 heavy (non-hydrogen) atoms. The van der Waals surface area contributed by atoms with Crippen LogP contribution in [0.1, 0.15) is 32.6 Å². The van der Waals surface area contributed by atoms with Crippen LogP contribution < -0.4 is 4.90 Å². The second-order valence-electron chi connectivity index (χ2n) is 5.29. The fraction of sp³-hybridized carbons (Fsp3) is 0.846. The van der Waals surface area contributed by atoms with Gasteiger partial charge in [0.1, 0.15) is 0 Å². The van der Waals surface area contributed by atoms with Gasteiger partial charge in [-0.2, -0.15) is 7.05 Å². The molecule has 0 aromatic carbocycles. The Morgan fingerprint density at radius 1 is 1.18 bits per heavy atom. The van der Waals surface area contributed by atoms with Crippen LogP contribution in [0.15, 0.2) is 0 Å². The average Bonchev–Trinajstić information content (AvgIpc) is 2.33. The zero-order chi connectivity index (χ0) is 12.3. The smallest absolute Gasteiger partial charge is 0.219 e. The van der Waals surface area contributed by atoms with Crippen LogP contribution in [0.25, 0.3) is 0 Å². The Morgan fingerprint density at radius 3 is 2.24 bits per heavy atom. The molecule has 0 unspecified atom stereocenters. The summed E-state index contributed by atoms with van der Waals surface area (Å²) in [6.45, 7) is 5.61. The zero-order valence-electron chi connectivity index (χ0n) is 10.8. The van der Waals surface area contributed by atoms with Gasteiger partial charge in [-0.15, -0.1) is 0 Å². The van der Waals surface area contributed by atoms with Gasteiger partial charge >= 0.3 is 0 Å². The van der Waals surface area contributed by atoms with Crippen molar-refractivity contribution < 1.29 is 14.4 Å². The van der Waals surface area contributed by atoms with E-state index in [1.165, 1.54) is 4.90 Å². The Kier molecular flexibility index (Phi) is 4.40. The first-order chi connectivity index (χ1) is 8.15. The number of nitrogens with one attached hydrogen (secondary N) is 1. The number of carbonyl (C=O) groups excluding carboxylic acids is 1. The summed E-state index contributed by atoms with van der Waals surface area (Å²) in [4.78, 5) is 14.5. The Hall–Kier alpha value is -0.610. The largest absolute Gasteiger partial charge is 0.468 e. The number of hydrogen-bond donors (Lipinski definition) is 1. The van der Waals surface area contributed by atoms with Crippen molar-refractivity contribution >= 4 is 5.91 Å². The highest BCUT2D eigenvalue weighted by molar-refractivity contribution is 5.73. The molecule has 4 nitrogen and oxygen atoms in total. The van der Waals surface area contributed by atoms with Crippen molar-refractivity contribution in [3.8, 4) is 0 Å². The first kappa shape index (κ1) is 12.8. The van der Waals surface area contributed by atoms with Gasteiger partial charge in [0.25, 0.3) is 0 Å². The zero-order valence-corrected chi connectivity index (χ0v) is 10.8. The maximum Gasteiger partial charge on any atom is 0.219 e. The van der Waals surface area contributed by atoms with Gasteiger partial charge in [-0.3, -0.25) is 4.79 Å². The topological polar surface area (TPSA) is 34.0 Å². The lowest BCUT2D eigenvalue weighted by Gasteiger charge is -2.36. The van der Waals surface area contributed by atoms with Crippen LogP contribution in [0.3, 0.4) is 0 Å². The second kappa shape index (κ2) is 5.83. The fourth-order valence-corrected chi connectivity index (χ4v) is 2.71. The maximum absolute atomic E-state index is 11.2. The predicted octanol–water partition coefficient (Wildman–Crippen LogP) is -0.147. The molecule has 0 saturated carbocycles. The lowest BCUT2D eigenvalue weighted by molar-refractivity contribution is -0.860. The summed E-state index contributed by atoms with van der Waals surface area (Å²) in [6.07, 6.45) is 5.04. The molecule has 4 heteroatoms. The van der Waals surface area contributed by atoms with E-state index in [4.69, 9.17) is 4.74 Å². The van der Waals surface area contributed by atoms with Gasteiger partial charge in [0.2, 0.25) is 5.91 Å². The monoisotopic (exact) mass is 240 g/mol. The van der Waals surface area contributed by atoms with Crippen LogP contribution in [0.2, 0.25) is 0 Å². The average molecular weight is 240 g/mol. The standard InChI is InChI=1S/C13H24N2O2/c1-11(16)15-9-5-13(6-10-15)17-12-3-7-14(2)8-4-12/h12-14H,2-10H2,1H3. The molecular weight excluding hydrogens is 216 g/mol. The molecule has 2 rings (SSSR count). The van der Waals surface area contributed by atoms with Crippen LogP contribution in [0, 0.1) is 7.05 Å². The number of ether oxygens (including phenoxy) is 1. The quantitative estimate of drug-likeness (QED) is 0.681. The van der Waals surface area contributed by atoms with E-state index < -0.39 is 0 Å². The predicted molar refractivity (Wildman–Crippen MR) is 65.4 cm³/mol. The van der Waals surface area contributed by atoms with E-state index in [0.717, 1.165) is 51.9 Å². The SMILES string of the molecule is [CH2-][NH+]1CCC(OC2CCN(C(C)=O)CC2)CC1.